The Bertz CT molecular complexity index is 727. The Labute approximate surface area is 185 Å². The molecule has 14 heteroatoms. The second-order valence-corrected chi connectivity index (χ2v) is 7.30. The molecule has 188 valence electrons. The van der Waals surface area contributed by atoms with Gasteiger partial charge < -0.3 is 19.7 Å². The lowest BCUT2D eigenvalue weighted by Crippen LogP contribution is -2.43. The van der Waals surface area contributed by atoms with Crippen molar-refractivity contribution in [1.82, 2.24) is 9.88 Å². The standard InChI is InChI=1S/C15H22N2O2.2C2HF3O2/c1-18-14-9-15(19-12-14)4-7-17(8-5-15)11-13-3-2-6-16-10-13;2*3-2(4,5)1(6)7/h2-3,6,10,14H,4-5,7-9,11-12H2,1H3;2*(H,6,7). The van der Waals surface area contributed by atoms with Gasteiger partial charge in [-0.25, -0.2) is 9.59 Å². The fraction of sp³-hybridized carbons (Fsp3) is 0.632. The fourth-order valence-corrected chi connectivity index (χ4v) is 3.17. The number of piperidine rings is 1. The lowest BCUT2D eigenvalue weighted by atomic mass is 9.88. The first-order chi connectivity index (χ1) is 15.2. The van der Waals surface area contributed by atoms with E-state index in [9.17, 15) is 26.3 Å². The first kappa shape index (κ1) is 28.6. The van der Waals surface area contributed by atoms with E-state index in [1.807, 2.05) is 18.5 Å². The van der Waals surface area contributed by atoms with Crippen LogP contribution in [0.3, 0.4) is 0 Å². The van der Waals surface area contributed by atoms with Crippen molar-refractivity contribution < 1.29 is 55.6 Å². The first-order valence-electron chi connectivity index (χ1n) is 9.57. The van der Waals surface area contributed by atoms with Gasteiger partial charge in [-0.05, 0) is 24.5 Å². The summed E-state index contributed by atoms with van der Waals surface area (Å²) in [5.41, 5.74) is 1.38. The Balaban J connectivity index is 0.000000324. The number of hydrogen-bond acceptors (Lipinski definition) is 6. The zero-order valence-corrected chi connectivity index (χ0v) is 17.5. The largest absolute Gasteiger partial charge is 0.490 e. The minimum Gasteiger partial charge on any atom is -0.475 e. The van der Waals surface area contributed by atoms with E-state index in [0.717, 1.165) is 45.5 Å². The number of pyridine rings is 1. The molecule has 8 nitrogen and oxygen atoms in total. The van der Waals surface area contributed by atoms with E-state index in [4.69, 9.17) is 29.3 Å². The molecule has 2 saturated heterocycles. The number of aliphatic carboxylic acids is 2. The maximum Gasteiger partial charge on any atom is 0.490 e. The SMILES string of the molecule is COC1COC2(CCN(Cc3cccnc3)CC2)C1.O=C(O)C(F)(F)F.O=C(O)C(F)(F)F. The molecule has 1 aromatic heterocycles. The van der Waals surface area contributed by atoms with Crippen molar-refractivity contribution in [3.05, 3.63) is 30.1 Å². The number of carbonyl (C=O) groups is 2. The second kappa shape index (κ2) is 12.1. The summed E-state index contributed by atoms with van der Waals surface area (Å²) < 4.78 is 74.9. The molecule has 2 aliphatic rings. The first-order valence-corrected chi connectivity index (χ1v) is 9.57. The molecule has 0 aliphatic carbocycles. The molecule has 0 aromatic carbocycles. The number of methoxy groups -OCH3 is 1. The number of aromatic nitrogens is 1. The molecule has 3 heterocycles. The minimum atomic E-state index is -5.08. The summed E-state index contributed by atoms with van der Waals surface area (Å²) in [6.07, 6.45) is -2.79. The fourth-order valence-electron chi connectivity index (χ4n) is 3.17. The number of likely N-dealkylation sites (tertiary alicyclic amines) is 1. The summed E-state index contributed by atoms with van der Waals surface area (Å²) in [4.78, 5) is 24.5. The predicted octanol–water partition coefficient (Wildman–Crippen LogP) is 3.12. The van der Waals surface area contributed by atoms with Crippen LogP contribution in [-0.2, 0) is 25.6 Å². The molecule has 2 N–H and O–H groups in total. The molecule has 33 heavy (non-hydrogen) atoms. The van der Waals surface area contributed by atoms with Crippen LogP contribution < -0.4 is 0 Å². The van der Waals surface area contributed by atoms with Gasteiger partial charge in [-0.3, -0.25) is 9.88 Å². The average molecular weight is 490 g/mol. The number of halogens is 6. The summed E-state index contributed by atoms with van der Waals surface area (Å²) in [6.45, 7) is 3.97. The van der Waals surface area contributed by atoms with Crippen LogP contribution in [0.2, 0.25) is 0 Å². The maximum atomic E-state index is 10.6. The Morgan fingerprint density at radius 2 is 1.67 bits per heavy atom. The van der Waals surface area contributed by atoms with E-state index in [0.29, 0.717) is 6.10 Å². The van der Waals surface area contributed by atoms with Crippen LogP contribution >= 0.6 is 0 Å². The third-order valence-corrected chi connectivity index (χ3v) is 4.89. The molecule has 3 rings (SSSR count). The molecule has 1 aromatic rings. The van der Waals surface area contributed by atoms with Crippen molar-refractivity contribution in [2.75, 3.05) is 26.8 Å². The van der Waals surface area contributed by atoms with Gasteiger partial charge in [0.2, 0.25) is 0 Å². The van der Waals surface area contributed by atoms with Gasteiger partial charge in [0.25, 0.3) is 0 Å². The van der Waals surface area contributed by atoms with E-state index in [-0.39, 0.29) is 5.60 Å². The Kier molecular flexibility index (Phi) is 10.5. The Hall–Kier alpha value is -2.45. The van der Waals surface area contributed by atoms with Crippen molar-refractivity contribution in [1.29, 1.82) is 0 Å². The molecular formula is C19H24F6N2O6. The number of hydrogen-bond donors (Lipinski definition) is 2. The van der Waals surface area contributed by atoms with E-state index in [1.54, 1.807) is 7.11 Å². The van der Waals surface area contributed by atoms with Crippen molar-refractivity contribution >= 4 is 11.9 Å². The van der Waals surface area contributed by atoms with Crippen molar-refractivity contribution in [2.45, 2.75) is 49.9 Å². The molecule has 1 unspecified atom stereocenters. The second-order valence-electron chi connectivity index (χ2n) is 7.30. The van der Waals surface area contributed by atoms with E-state index >= 15 is 0 Å². The van der Waals surface area contributed by atoms with Crippen molar-refractivity contribution in [3.8, 4) is 0 Å². The smallest absolute Gasteiger partial charge is 0.475 e. The number of carboxylic acid groups (broad SMARTS) is 2. The Morgan fingerprint density at radius 1 is 1.15 bits per heavy atom. The van der Waals surface area contributed by atoms with Crippen molar-refractivity contribution in [2.24, 2.45) is 0 Å². The number of rotatable bonds is 3. The molecule has 0 saturated carbocycles. The van der Waals surface area contributed by atoms with Gasteiger partial charge in [0.1, 0.15) is 0 Å². The summed E-state index contributed by atoms with van der Waals surface area (Å²) in [7, 11) is 1.78. The van der Waals surface area contributed by atoms with Gasteiger partial charge in [-0.1, -0.05) is 6.07 Å². The Morgan fingerprint density at radius 3 is 2.03 bits per heavy atom. The monoisotopic (exact) mass is 490 g/mol. The van der Waals surface area contributed by atoms with Crippen LogP contribution in [0.15, 0.2) is 24.5 Å². The van der Waals surface area contributed by atoms with Crippen LogP contribution in [0.1, 0.15) is 24.8 Å². The van der Waals surface area contributed by atoms with E-state index < -0.39 is 24.3 Å². The predicted molar refractivity (Wildman–Crippen MR) is 100 cm³/mol. The summed E-state index contributed by atoms with van der Waals surface area (Å²) in [5, 5.41) is 14.2. The molecule has 0 radical (unpaired) electrons. The molecular weight excluding hydrogens is 466 g/mol. The molecule has 2 aliphatic heterocycles. The van der Waals surface area contributed by atoms with Gasteiger partial charge in [-0.15, -0.1) is 0 Å². The van der Waals surface area contributed by atoms with Gasteiger partial charge in [0, 0.05) is 45.6 Å². The van der Waals surface area contributed by atoms with Gasteiger partial charge in [0.05, 0.1) is 18.3 Å². The molecule has 1 atom stereocenters. The van der Waals surface area contributed by atoms with E-state index in [2.05, 4.69) is 16.0 Å². The number of ether oxygens (including phenoxy) is 2. The average Bonchev–Trinajstić information content (AvgIpc) is 3.13. The highest BCUT2D eigenvalue weighted by Crippen LogP contribution is 2.37. The maximum absolute atomic E-state index is 10.6. The minimum absolute atomic E-state index is 0.0894. The lowest BCUT2D eigenvalue weighted by molar-refractivity contribution is -0.193. The molecule has 0 amide bonds. The van der Waals surface area contributed by atoms with Crippen LogP contribution in [0, 0.1) is 0 Å². The number of alkyl halides is 6. The third-order valence-electron chi connectivity index (χ3n) is 4.89. The number of carboxylic acids is 2. The van der Waals surface area contributed by atoms with Crippen LogP contribution in [-0.4, -0.2) is 82.9 Å². The summed E-state index contributed by atoms with van der Waals surface area (Å²) in [5.74, 6) is -5.51. The topological polar surface area (TPSA) is 109 Å². The number of nitrogens with zero attached hydrogens (tertiary/aromatic N) is 2. The highest BCUT2D eigenvalue weighted by Gasteiger charge is 2.42. The van der Waals surface area contributed by atoms with Crippen LogP contribution in [0.4, 0.5) is 26.3 Å². The zero-order valence-electron chi connectivity index (χ0n) is 17.5. The normalized spacial score (nSPS) is 20.3. The van der Waals surface area contributed by atoms with E-state index in [1.165, 1.54) is 5.56 Å². The van der Waals surface area contributed by atoms with Gasteiger partial charge >= 0.3 is 24.3 Å². The third kappa shape index (κ3) is 10.4. The zero-order chi connectivity index (χ0) is 25.3. The molecule has 0 bridgehead atoms. The van der Waals surface area contributed by atoms with Crippen molar-refractivity contribution in [3.63, 3.8) is 0 Å². The molecule has 2 fully saturated rings. The lowest BCUT2D eigenvalue weighted by Gasteiger charge is -2.38. The molecule has 1 spiro atoms. The van der Waals surface area contributed by atoms with Gasteiger partial charge in [-0.2, -0.15) is 26.3 Å². The van der Waals surface area contributed by atoms with Crippen LogP contribution in [0.25, 0.3) is 0 Å². The van der Waals surface area contributed by atoms with Gasteiger partial charge in [0.15, 0.2) is 0 Å². The summed E-state index contributed by atoms with van der Waals surface area (Å²) >= 11 is 0. The highest BCUT2D eigenvalue weighted by molar-refractivity contribution is 5.73. The highest BCUT2D eigenvalue weighted by atomic mass is 19.4. The quantitative estimate of drug-likeness (QED) is 0.623. The van der Waals surface area contributed by atoms with Crippen LogP contribution in [0.5, 0.6) is 0 Å². The summed E-state index contributed by atoms with van der Waals surface area (Å²) in [6, 6.07) is 4.15.